The quantitative estimate of drug-likeness (QED) is 0.684. The van der Waals surface area contributed by atoms with Crippen LogP contribution in [0.2, 0.25) is 0 Å². The molecule has 0 aromatic carbocycles. The maximum Gasteiger partial charge on any atom is 0.216 e. The Morgan fingerprint density at radius 3 is 3.04 bits per heavy atom. The second-order valence-electron chi connectivity index (χ2n) is 5.51. The van der Waals surface area contributed by atoms with Crippen molar-refractivity contribution in [3.8, 4) is 0 Å². The van der Waals surface area contributed by atoms with Crippen LogP contribution >= 0.6 is 11.3 Å². The van der Waals surface area contributed by atoms with Crippen molar-refractivity contribution in [3.63, 3.8) is 0 Å². The number of carbonyl (C=O) groups is 1. The summed E-state index contributed by atoms with van der Waals surface area (Å²) in [6.45, 7) is 4.13. The molecule has 0 N–H and O–H groups in total. The summed E-state index contributed by atoms with van der Waals surface area (Å²) in [6.07, 6.45) is 7.00. The lowest BCUT2D eigenvalue weighted by atomic mass is 10.1. The first-order chi connectivity index (χ1) is 11.3. The van der Waals surface area contributed by atoms with Crippen LogP contribution in [0.1, 0.15) is 21.6 Å². The Hall–Kier alpha value is -2.09. The zero-order valence-corrected chi connectivity index (χ0v) is 13.3. The van der Waals surface area contributed by atoms with Crippen molar-refractivity contribution in [2.45, 2.75) is 6.54 Å². The lowest BCUT2D eigenvalue weighted by molar-refractivity contribution is 0.0341. The predicted octanol–water partition coefficient (Wildman–Crippen LogP) is 1.85. The highest BCUT2D eigenvalue weighted by atomic mass is 32.1. The van der Waals surface area contributed by atoms with Gasteiger partial charge in [-0.1, -0.05) is 0 Å². The largest absolute Gasteiger partial charge is 0.379 e. The molecule has 1 aliphatic rings. The van der Waals surface area contributed by atoms with Gasteiger partial charge in [0.2, 0.25) is 5.78 Å². The molecule has 0 amide bonds. The second kappa shape index (κ2) is 6.19. The van der Waals surface area contributed by atoms with Crippen LogP contribution in [0, 0.1) is 0 Å². The molecule has 4 rings (SSSR count). The van der Waals surface area contributed by atoms with E-state index in [0.717, 1.165) is 43.2 Å². The fraction of sp³-hybridized carbons (Fsp3) is 0.312. The van der Waals surface area contributed by atoms with Gasteiger partial charge in [0.1, 0.15) is 16.9 Å². The fourth-order valence-corrected chi connectivity index (χ4v) is 3.55. The number of pyridine rings is 1. The average molecular weight is 328 g/mol. The van der Waals surface area contributed by atoms with Crippen molar-refractivity contribution < 1.29 is 9.53 Å². The van der Waals surface area contributed by atoms with E-state index in [2.05, 4.69) is 14.9 Å². The summed E-state index contributed by atoms with van der Waals surface area (Å²) in [7, 11) is 0. The third-order valence-corrected chi connectivity index (χ3v) is 4.82. The van der Waals surface area contributed by atoms with E-state index >= 15 is 0 Å². The van der Waals surface area contributed by atoms with Gasteiger partial charge in [-0.25, -0.2) is 4.98 Å². The zero-order chi connectivity index (χ0) is 15.6. The van der Waals surface area contributed by atoms with E-state index < -0.39 is 0 Å². The summed E-state index contributed by atoms with van der Waals surface area (Å²) in [4.78, 5) is 24.4. The van der Waals surface area contributed by atoms with E-state index in [1.807, 2.05) is 28.2 Å². The molecule has 1 aliphatic heterocycles. The third-order valence-electron chi connectivity index (χ3n) is 3.93. The predicted molar refractivity (Wildman–Crippen MR) is 86.8 cm³/mol. The van der Waals surface area contributed by atoms with Gasteiger partial charge in [0.05, 0.1) is 13.2 Å². The highest BCUT2D eigenvalue weighted by molar-refractivity contribution is 7.15. The molecule has 6 nitrogen and oxygen atoms in total. The Morgan fingerprint density at radius 1 is 1.30 bits per heavy atom. The number of hydrogen-bond acceptors (Lipinski definition) is 6. The normalized spacial score (nSPS) is 16.0. The van der Waals surface area contributed by atoms with E-state index in [-0.39, 0.29) is 5.78 Å². The highest BCUT2D eigenvalue weighted by Crippen LogP contribution is 2.19. The average Bonchev–Trinajstić information content (AvgIpc) is 3.19. The minimum Gasteiger partial charge on any atom is -0.379 e. The van der Waals surface area contributed by atoms with Gasteiger partial charge in [0, 0.05) is 49.2 Å². The first-order valence-electron chi connectivity index (χ1n) is 7.50. The van der Waals surface area contributed by atoms with Crippen LogP contribution in [-0.4, -0.2) is 51.4 Å². The molecule has 23 heavy (non-hydrogen) atoms. The van der Waals surface area contributed by atoms with Crippen LogP contribution in [0.4, 0.5) is 0 Å². The van der Waals surface area contributed by atoms with Crippen LogP contribution in [0.15, 0.2) is 36.4 Å². The monoisotopic (exact) mass is 328 g/mol. The van der Waals surface area contributed by atoms with E-state index in [9.17, 15) is 4.79 Å². The van der Waals surface area contributed by atoms with E-state index in [0.29, 0.717) is 11.3 Å². The maximum atomic E-state index is 12.7. The molecule has 3 aromatic rings. The molecule has 0 atom stereocenters. The summed E-state index contributed by atoms with van der Waals surface area (Å²) in [5.41, 5.74) is 2.12. The highest BCUT2D eigenvalue weighted by Gasteiger charge is 2.18. The molecule has 0 radical (unpaired) electrons. The van der Waals surface area contributed by atoms with Crippen molar-refractivity contribution in [2.24, 2.45) is 0 Å². The molecule has 118 valence electrons. The lowest BCUT2D eigenvalue weighted by Gasteiger charge is -2.26. The molecule has 0 unspecified atom stereocenters. The molecule has 4 heterocycles. The van der Waals surface area contributed by atoms with Gasteiger partial charge < -0.3 is 4.74 Å². The van der Waals surface area contributed by atoms with Crippen molar-refractivity contribution in [2.75, 3.05) is 26.3 Å². The van der Waals surface area contributed by atoms with Crippen LogP contribution in [0.3, 0.4) is 0 Å². The van der Waals surface area contributed by atoms with E-state index in [4.69, 9.17) is 4.74 Å². The van der Waals surface area contributed by atoms with Gasteiger partial charge in [0.15, 0.2) is 0 Å². The number of aromatic nitrogens is 3. The molecule has 0 spiro atoms. The molecule has 1 saturated heterocycles. The standard InChI is InChI=1S/C16H16N4O2S/c21-15(14-16-20(11-18-14)3-6-23-16)13-7-12(8-17-9-13)10-19-1-4-22-5-2-19/h3,6-9,11H,1-2,4-5,10H2. The fourth-order valence-electron chi connectivity index (χ4n) is 2.74. The second-order valence-corrected chi connectivity index (χ2v) is 6.40. The summed E-state index contributed by atoms with van der Waals surface area (Å²) in [5.74, 6) is -0.0775. The molecular formula is C16H16N4O2S. The smallest absolute Gasteiger partial charge is 0.216 e. The number of morpholine rings is 1. The van der Waals surface area contributed by atoms with Crippen LogP contribution in [-0.2, 0) is 11.3 Å². The van der Waals surface area contributed by atoms with Crippen molar-refractivity contribution in [1.29, 1.82) is 0 Å². The number of rotatable bonds is 4. The molecule has 0 bridgehead atoms. The van der Waals surface area contributed by atoms with Gasteiger partial charge >= 0.3 is 0 Å². The third kappa shape index (κ3) is 2.90. The van der Waals surface area contributed by atoms with Gasteiger partial charge in [-0.05, 0) is 11.6 Å². The number of ketones is 1. The summed E-state index contributed by atoms with van der Waals surface area (Å²) in [6, 6.07) is 1.92. The van der Waals surface area contributed by atoms with Crippen molar-refractivity contribution >= 4 is 22.0 Å². The lowest BCUT2D eigenvalue weighted by Crippen LogP contribution is -2.35. The zero-order valence-electron chi connectivity index (χ0n) is 12.5. The number of ether oxygens (including phenoxy) is 1. The number of carbonyl (C=O) groups excluding carboxylic acids is 1. The Kier molecular flexibility index (Phi) is 3.90. The first-order valence-corrected chi connectivity index (χ1v) is 8.38. The minimum absolute atomic E-state index is 0.0775. The summed E-state index contributed by atoms with van der Waals surface area (Å²) in [5, 5.41) is 1.95. The molecule has 7 heteroatoms. The van der Waals surface area contributed by atoms with Crippen LogP contribution in [0.25, 0.3) is 4.83 Å². The topological polar surface area (TPSA) is 59.7 Å². The molecule has 1 fully saturated rings. The Bertz CT molecular complexity index is 835. The van der Waals surface area contributed by atoms with Crippen molar-refractivity contribution in [1.82, 2.24) is 19.3 Å². The minimum atomic E-state index is -0.0775. The Balaban J connectivity index is 1.58. The number of hydrogen-bond donors (Lipinski definition) is 0. The maximum absolute atomic E-state index is 12.7. The molecule has 0 aliphatic carbocycles. The van der Waals surface area contributed by atoms with Gasteiger partial charge in [-0.2, -0.15) is 0 Å². The number of imidazole rings is 1. The van der Waals surface area contributed by atoms with Gasteiger partial charge in [-0.3, -0.25) is 19.1 Å². The number of nitrogens with zero attached hydrogens (tertiary/aromatic N) is 4. The Morgan fingerprint density at radius 2 is 2.17 bits per heavy atom. The van der Waals surface area contributed by atoms with Gasteiger partial charge in [0.25, 0.3) is 0 Å². The van der Waals surface area contributed by atoms with Crippen LogP contribution < -0.4 is 0 Å². The van der Waals surface area contributed by atoms with Crippen LogP contribution in [0.5, 0.6) is 0 Å². The van der Waals surface area contributed by atoms with Crippen molar-refractivity contribution in [3.05, 3.63) is 53.2 Å². The molecular weight excluding hydrogens is 312 g/mol. The van der Waals surface area contributed by atoms with E-state index in [1.165, 1.54) is 11.3 Å². The number of thiazole rings is 1. The molecule has 0 saturated carbocycles. The SMILES string of the molecule is O=C(c1cncc(CN2CCOCC2)c1)c1ncn2ccsc12. The summed E-state index contributed by atoms with van der Waals surface area (Å²) < 4.78 is 7.22. The van der Waals surface area contributed by atoms with E-state index in [1.54, 1.807) is 12.5 Å². The molecule has 3 aromatic heterocycles. The first kappa shape index (κ1) is 14.5. The summed E-state index contributed by atoms with van der Waals surface area (Å²) >= 11 is 1.51. The van der Waals surface area contributed by atoms with Gasteiger partial charge in [-0.15, -0.1) is 11.3 Å². The Labute approximate surface area is 137 Å². The number of fused-ring (bicyclic) bond motifs is 1.